The Balaban J connectivity index is 1.91. The topological polar surface area (TPSA) is 658 Å². The van der Waals surface area contributed by atoms with Crippen molar-refractivity contribution in [3.05, 3.63) is 77.9 Å². The number of nitrogens with two attached hydrogens (primary N) is 7. The molecular weight excluding hydrogens is 1470 g/mol. The number of aliphatic hydroxyl groups excluding tert-OH is 1. The normalized spacial score (nSPS) is 19.2. The molecule has 0 aliphatic carbocycles. The van der Waals surface area contributed by atoms with Crippen molar-refractivity contribution in [1.29, 1.82) is 0 Å². The average Bonchev–Trinajstić information content (AvgIpc) is 0.816. The summed E-state index contributed by atoms with van der Waals surface area (Å²) in [6.07, 6.45) is -4.85. The summed E-state index contributed by atoms with van der Waals surface area (Å²) in [6.45, 7) is 4.03. The van der Waals surface area contributed by atoms with Crippen LogP contribution < -0.4 is 114 Å². The zero-order valence-corrected chi connectivity index (χ0v) is 63.3. The van der Waals surface area contributed by atoms with E-state index in [1.54, 1.807) is 60.7 Å². The van der Waals surface area contributed by atoms with Gasteiger partial charge < -0.3 is 119 Å². The van der Waals surface area contributed by atoms with E-state index in [4.69, 9.17) is 44.9 Å². The second-order valence-electron chi connectivity index (χ2n) is 26.8. The highest BCUT2D eigenvalue weighted by Gasteiger charge is 2.42. The Kier molecular flexibility index (Phi) is 39.1. The summed E-state index contributed by atoms with van der Waals surface area (Å²) in [5, 5.41) is 45.0. The molecule has 4 rings (SSSR count). The van der Waals surface area contributed by atoms with E-state index in [9.17, 15) is 67.4 Å². The number of hydrogen-bond donors (Lipinski definition) is 21. The van der Waals surface area contributed by atoms with Crippen LogP contribution in [0.15, 0.2) is 66.7 Å². The molecule has 17 amide bonds. The number of thioether (sulfide) groups is 1. The van der Waals surface area contributed by atoms with Gasteiger partial charge in [-0.3, -0.25) is 81.5 Å². The van der Waals surface area contributed by atoms with Crippen LogP contribution in [0.2, 0.25) is 0 Å². The molecule has 3 aromatic carbocycles. The van der Waals surface area contributed by atoms with Crippen LogP contribution in [0.4, 0.5) is 0 Å². The molecule has 40 heteroatoms. The number of nitrogens with one attached hydrogen (secondary N) is 13. The third kappa shape index (κ3) is 32.9. The van der Waals surface area contributed by atoms with Gasteiger partial charge in [0.2, 0.25) is 100 Å². The Bertz CT molecular complexity index is 3780. The molecule has 111 heavy (non-hydrogen) atoms. The van der Waals surface area contributed by atoms with E-state index in [0.717, 1.165) is 31.0 Å². The van der Waals surface area contributed by atoms with Crippen LogP contribution in [-0.4, -0.2) is 228 Å². The summed E-state index contributed by atoms with van der Waals surface area (Å²) in [6, 6.07) is 1.85. The highest BCUT2D eigenvalue weighted by atomic mass is 32.2. The Labute approximate surface area is 645 Å². The Morgan fingerprint density at radius 3 is 1.77 bits per heavy atom. The number of amides is 17. The smallest absolute Gasteiger partial charge is 0.246 e. The second kappa shape index (κ2) is 47.1. The first-order chi connectivity index (χ1) is 52.6. The van der Waals surface area contributed by atoms with Gasteiger partial charge in [-0.2, -0.15) is 11.8 Å². The quantitative estimate of drug-likeness (QED) is 0.0235. The monoisotopic (exact) mass is 1570 g/mol. The number of primary amides is 4. The van der Waals surface area contributed by atoms with Crippen LogP contribution in [0.5, 0.6) is 5.75 Å². The summed E-state index contributed by atoms with van der Waals surface area (Å²) in [4.78, 5) is 233. The number of aliphatic hydroxyl groups is 1. The number of hydrogen-bond acceptors (Lipinski definition) is 23. The van der Waals surface area contributed by atoms with Crippen LogP contribution >= 0.6 is 11.8 Å². The predicted molar refractivity (Wildman–Crippen MR) is 405 cm³/mol. The van der Waals surface area contributed by atoms with E-state index in [-0.39, 0.29) is 89.3 Å². The van der Waals surface area contributed by atoms with Crippen LogP contribution in [0.25, 0.3) is 10.8 Å². The third-order valence-corrected chi connectivity index (χ3v) is 18.5. The molecule has 1 fully saturated rings. The number of carbonyl (C=O) groups is 17. The van der Waals surface area contributed by atoms with Gasteiger partial charge in [0.15, 0.2) is 0 Å². The van der Waals surface area contributed by atoms with Gasteiger partial charge in [0.05, 0.1) is 19.1 Å². The van der Waals surface area contributed by atoms with Gasteiger partial charge in [-0.25, -0.2) is 0 Å². The SMILES string of the molecule is CC(=O)NCCCC[C@H](NC(=O)[C@](C)(CCCCN)NC(=O)[C@H](Cc1ccc2ccccc2c1)NC(=O)[C@H](Cc1ccc(OCCN)cc1)NC(=O)[C@@H]1CSCC[C@H](NC(C)=O)C(=O)N[C@@H](CCC(N)=O)C(=O)N[C@@H]([C@@H](C)O)C(=O)N[C@@H](CN)C(=O)N[C@@H](CCC(N)=O)C(=O)N1)C(=O)N[C@@H](CC(N)=O)C(=O)NCC(N)=O. The van der Waals surface area contributed by atoms with Gasteiger partial charge in [0.25, 0.3) is 0 Å². The Morgan fingerprint density at radius 2 is 1.17 bits per heavy atom. The number of rotatable bonds is 40. The van der Waals surface area contributed by atoms with Crippen molar-refractivity contribution in [1.82, 2.24) is 69.1 Å². The summed E-state index contributed by atoms with van der Waals surface area (Å²) in [7, 11) is 0. The lowest BCUT2D eigenvalue weighted by Crippen LogP contribution is -2.64. The fraction of sp³-hybridized carbons (Fsp3) is 0.535. The van der Waals surface area contributed by atoms with Crippen LogP contribution in [0, 0.1) is 0 Å². The van der Waals surface area contributed by atoms with Crippen LogP contribution in [0.3, 0.4) is 0 Å². The molecule has 0 unspecified atom stereocenters. The standard InChI is InChI=1S/C71H106N20O19S/c1-38(92)59-69(108)87-53(35-74)66(105)83-47(20-22-55(75)95)62(101)88-54(37-111-30-24-49(81-40(3)94)63(102)82-48(64(103)90-59)21-23-56(76)96)67(106)84-50(32-41-15-18-45(19-16-41)110-29-27-73)65(104)85-51(33-42-14-17-43-11-5-6-12-44(43)31-42)68(107)91-71(4,25-8-9-26-72)70(109)89-46(13-7-10-28-79-39(2)93)61(100)86-52(34-57(77)97)60(99)80-36-58(78)98/h5-6,11-12,14-19,31,38,46-54,59,92H,7-10,13,20-30,32-37,72-74H2,1-4H3,(H2,75,95)(H2,76,96)(H2,77,97)(H2,78,98)(H,79,93)(H,80,99)(H,81,94)(H,82,102)(H,83,105)(H,84,106)(H,85,104)(H,86,100)(H,87,108)(H,88,101)(H,89,109)(H,90,103)(H,91,107)/t38-,46+,47+,48+,49+,50+,51+,52+,53+,54+,59+,71+/m1/s1. The molecule has 0 bridgehead atoms. The van der Waals surface area contributed by atoms with Crippen molar-refractivity contribution in [3.8, 4) is 5.75 Å². The lowest BCUT2D eigenvalue weighted by atomic mass is 9.91. The average molecular weight is 1580 g/mol. The maximum atomic E-state index is 15.6. The lowest BCUT2D eigenvalue weighted by Gasteiger charge is -2.34. The van der Waals surface area contributed by atoms with Crippen LogP contribution in [0.1, 0.15) is 116 Å². The predicted octanol–water partition coefficient (Wildman–Crippen LogP) is -7.37. The molecule has 12 atom stereocenters. The highest BCUT2D eigenvalue weighted by Crippen LogP contribution is 2.22. The molecule has 0 radical (unpaired) electrons. The third-order valence-electron chi connectivity index (χ3n) is 17.4. The zero-order chi connectivity index (χ0) is 82.5. The fourth-order valence-electron chi connectivity index (χ4n) is 11.4. The van der Waals surface area contributed by atoms with Crippen molar-refractivity contribution < 1.29 is 91.4 Å². The minimum atomic E-state index is -2.00. The van der Waals surface area contributed by atoms with E-state index in [1.807, 2.05) is 6.07 Å². The van der Waals surface area contributed by atoms with E-state index in [1.165, 1.54) is 13.8 Å². The molecule has 1 saturated heterocycles. The number of benzene rings is 3. The molecule has 0 saturated carbocycles. The van der Waals surface area contributed by atoms with Gasteiger partial charge in [0, 0.05) is 64.9 Å². The number of unbranched alkanes of at least 4 members (excludes halogenated alkanes) is 2. The number of ether oxygens (including phenoxy) is 1. The fourth-order valence-corrected chi connectivity index (χ4v) is 12.4. The van der Waals surface area contributed by atoms with Crippen molar-refractivity contribution >= 4 is 123 Å². The first-order valence-electron chi connectivity index (χ1n) is 36.1. The van der Waals surface area contributed by atoms with Crippen molar-refractivity contribution in [2.24, 2.45) is 40.1 Å². The molecule has 39 nitrogen and oxygen atoms in total. The maximum Gasteiger partial charge on any atom is 0.246 e. The van der Waals surface area contributed by atoms with Crippen molar-refractivity contribution in [3.63, 3.8) is 0 Å². The van der Waals surface area contributed by atoms with Gasteiger partial charge in [-0.05, 0) is 118 Å². The Morgan fingerprint density at radius 1 is 0.586 bits per heavy atom. The van der Waals surface area contributed by atoms with E-state index in [2.05, 4.69) is 69.1 Å². The molecule has 1 aliphatic heterocycles. The molecule has 0 spiro atoms. The zero-order valence-electron chi connectivity index (χ0n) is 62.5. The summed E-state index contributed by atoms with van der Waals surface area (Å²) < 4.78 is 5.69. The number of fused-ring (bicyclic) bond motifs is 1. The van der Waals surface area contributed by atoms with E-state index < -0.39 is 218 Å². The van der Waals surface area contributed by atoms with Gasteiger partial charge in [0.1, 0.15) is 78.3 Å². The summed E-state index contributed by atoms with van der Waals surface area (Å²) >= 11 is 0.916. The van der Waals surface area contributed by atoms with Crippen LogP contribution in [-0.2, 0) is 94.3 Å². The molecule has 1 aliphatic rings. The molecule has 1 heterocycles. The largest absolute Gasteiger partial charge is 0.492 e. The Hall–Kier alpha value is -11.1. The first kappa shape index (κ1) is 92.3. The second-order valence-corrected chi connectivity index (χ2v) is 28.0. The minimum Gasteiger partial charge on any atom is -0.492 e. The summed E-state index contributed by atoms with van der Waals surface area (Å²) in [5.74, 6) is -16.9. The molecular formula is C71H106N20O19S. The number of carbonyl (C=O) groups excluding carboxylic acids is 17. The van der Waals surface area contributed by atoms with Crippen molar-refractivity contribution in [2.45, 2.75) is 190 Å². The van der Waals surface area contributed by atoms with Gasteiger partial charge in [-0.15, -0.1) is 0 Å². The van der Waals surface area contributed by atoms with E-state index in [0.29, 0.717) is 28.7 Å². The molecule has 28 N–H and O–H groups in total. The van der Waals surface area contributed by atoms with Gasteiger partial charge in [-0.1, -0.05) is 54.6 Å². The lowest BCUT2D eigenvalue weighted by molar-refractivity contribution is -0.138. The maximum absolute atomic E-state index is 15.6. The summed E-state index contributed by atoms with van der Waals surface area (Å²) in [5.41, 5.74) is 38.1. The van der Waals surface area contributed by atoms with Gasteiger partial charge >= 0.3 is 0 Å². The molecule has 610 valence electrons. The minimum absolute atomic E-state index is 0.122. The van der Waals surface area contributed by atoms with E-state index >= 15 is 19.2 Å². The molecule has 3 aromatic rings. The molecule has 0 aromatic heterocycles. The highest BCUT2D eigenvalue weighted by molar-refractivity contribution is 7.99. The first-order valence-corrected chi connectivity index (χ1v) is 37.3. The van der Waals surface area contributed by atoms with Crippen molar-refractivity contribution in [2.75, 3.05) is 50.8 Å².